The van der Waals surface area contributed by atoms with Crippen molar-refractivity contribution in [1.82, 2.24) is 5.32 Å². The fourth-order valence-electron chi connectivity index (χ4n) is 1.87. The molecule has 0 unspecified atom stereocenters. The highest BCUT2D eigenvalue weighted by Gasteiger charge is 2.14. The molecule has 21 heavy (non-hydrogen) atoms. The van der Waals surface area contributed by atoms with Gasteiger partial charge in [-0.1, -0.05) is 13.3 Å². The van der Waals surface area contributed by atoms with Gasteiger partial charge in [0.1, 0.15) is 0 Å². The molecule has 0 spiro atoms. The number of methoxy groups -OCH3 is 3. The van der Waals surface area contributed by atoms with Gasteiger partial charge in [0.25, 0.3) is 0 Å². The van der Waals surface area contributed by atoms with E-state index in [0.29, 0.717) is 23.8 Å². The number of unbranched alkanes of at least 4 members (excludes halogenated alkanes) is 1. The van der Waals surface area contributed by atoms with E-state index in [1.54, 1.807) is 33.5 Å². The molecule has 0 aliphatic rings. The van der Waals surface area contributed by atoms with E-state index in [2.05, 4.69) is 12.2 Å². The van der Waals surface area contributed by atoms with Crippen LogP contribution in [0.4, 0.5) is 0 Å². The Morgan fingerprint density at radius 2 is 1.86 bits per heavy atom. The molecule has 0 aromatic heterocycles. The summed E-state index contributed by atoms with van der Waals surface area (Å²) in [6.45, 7) is 2.76. The second kappa shape index (κ2) is 8.89. The van der Waals surface area contributed by atoms with E-state index in [4.69, 9.17) is 14.2 Å². The smallest absolute Gasteiger partial charge is 0.244 e. The van der Waals surface area contributed by atoms with Crippen LogP contribution in [0.3, 0.4) is 0 Å². The Hall–Kier alpha value is -2.17. The standard InChI is InChI=1S/C16H23NO4/c1-5-6-11-17-14(18)10-8-12-7-9-13(19-2)16(21-4)15(12)20-3/h7-10H,5-6,11H2,1-4H3,(H,17,18)/b10-8+. The number of hydrogen-bond donors (Lipinski definition) is 1. The summed E-state index contributed by atoms with van der Waals surface area (Å²) in [6, 6.07) is 3.59. The van der Waals surface area contributed by atoms with E-state index in [1.165, 1.54) is 6.08 Å². The second-order valence-electron chi connectivity index (χ2n) is 4.40. The van der Waals surface area contributed by atoms with Crippen LogP contribution in [0.2, 0.25) is 0 Å². The van der Waals surface area contributed by atoms with Crippen LogP contribution in [0, 0.1) is 0 Å². The maximum Gasteiger partial charge on any atom is 0.244 e. The van der Waals surface area contributed by atoms with E-state index in [9.17, 15) is 4.79 Å². The van der Waals surface area contributed by atoms with Gasteiger partial charge in [-0.2, -0.15) is 0 Å². The highest BCUT2D eigenvalue weighted by atomic mass is 16.5. The van der Waals surface area contributed by atoms with Crippen LogP contribution in [0.5, 0.6) is 17.2 Å². The Morgan fingerprint density at radius 1 is 1.14 bits per heavy atom. The fraction of sp³-hybridized carbons (Fsp3) is 0.438. The SMILES string of the molecule is CCCCNC(=O)/C=C/c1ccc(OC)c(OC)c1OC. The zero-order valence-electron chi connectivity index (χ0n) is 13.1. The van der Waals surface area contributed by atoms with Crippen molar-refractivity contribution in [3.05, 3.63) is 23.8 Å². The van der Waals surface area contributed by atoms with Crippen LogP contribution in [-0.2, 0) is 4.79 Å². The highest BCUT2D eigenvalue weighted by Crippen LogP contribution is 2.40. The summed E-state index contributed by atoms with van der Waals surface area (Å²) in [5.41, 5.74) is 0.751. The van der Waals surface area contributed by atoms with Gasteiger partial charge in [0.05, 0.1) is 21.3 Å². The molecule has 0 aliphatic heterocycles. The molecule has 0 atom stereocenters. The molecule has 1 N–H and O–H groups in total. The highest BCUT2D eigenvalue weighted by molar-refractivity contribution is 5.92. The monoisotopic (exact) mass is 293 g/mol. The molecule has 5 nitrogen and oxygen atoms in total. The third kappa shape index (κ3) is 4.70. The fourth-order valence-corrected chi connectivity index (χ4v) is 1.87. The normalized spacial score (nSPS) is 10.5. The number of hydrogen-bond acceptors (Lipinski definition) is 4. The van der Waals surface area contributed by atoms with Gasteiger partial charge in [0, 0.05) is 18.2 Å². The Morgan fingerprint density at radius 3 is 2.43 bits per heavy atom. The van der Waals surface area contributed by atoms with Gasteiger partial charge in [0.15, 0.2) is 11.5 Å². The molecule has 1 amide bonds. The summed E-state index contributed by atoms with van der Waals surface area (Å²) in [7, 11) is 4.66. The number of carbonyl (C=O) groups is 1. The number of amides is 1. The van der Waals surface area contributed by atoms with Crippen molar-refractivity contribution in [2.75, 3.05) is 27.9 Å². The van der Waals surface area contributed by atoms with Crippen LogP contribution >= 0.6 is 0 Å². The number of benzene rings is 1. The summed E-state index contributed by atoms with van der Waals surface area (Å²) in [4.78, 5) is 11.7. The van der Waals surface area contributed by atoms with Crippen molar-refractivity contribution in [2.24, 2.45) is 0 Å². The quantitative estimate of drug-likeness (QED) is 0.591. The Labute approximate surface area is 125 Å². The lowest BCUT2D eigenvalue weighted by Crippen LogP contribution is -2.21. The van der Waals surface area contributed by atoms with Crippen LogP contribution in [0.25, 0.3) is 6.08 Å². The predicted molar refractivity (Wildman–Crippen MR) is 83.0 cm³/mol. The minimum Gasteiger partial charge on any atom is -0.493 e. The zero-order chi connectivity index (χ0) is 15.7. The molecule has 0 radical (unpaired) electrons. The molecule has 1 aromatic rings. The molecule has 1 aromatic carbocycles. The summed E-state index contributed by atoms with van der Waals surface area (Å²) in [5.74, 6) is 1.50. The summed E-state index contributed by atoms with van der Waals surface area (Å²) in [5, 5.41) is 2.82. The largest absolute Gasteiger partial charge is 0.493 e. The summed E-state index contributed by atoms with van der Waals surface area (Å²) >= 11 is 0. The van der Waals surface area contributed by atoms with Gasteiger partial charge in [0.2, 0.25) is 11.7 Å². The van der Waals surface area contributed by atoms with Crippen molar-refractivity contribution in [2.45, 2.75) is 19.8 Å². The molecule has 5 heteroatoms. The molecule has 0 saturated carbocycles. The Balaban J connectivity index is 2.90. The molecule has 0 aliphatic carbocycles. The van der Waals surface area contributed by atoms with E-state index in [1.807, 2.05) is 6.07 Å². The maximum absolute atomic E-state index is 11.7. The average molecular weight is 293 g/mol. The lowest BCUT2D eigenvalue weighted by Gasteiger charge is -2.13. The third-order valence-electron chi connectivity index (χ3n) is 2.98. The molecular formula is C16H23NO4. The first-order valence-electron chi connectivity index (χ1n) is 6.92. The van der Waals surface area contributed by atoms with Gasteiger partial charge in [-0.3, -0.25) is 4.79 Å². The number of rotatable bonds is 8. The van der Waals surface area contributed by atoms with E-state index in [0.717, 1.165) is 18.4 Å². The van der Waals surface area contributed by atoms with E-state index in [-0.39, 0.29) is 5.91 Å². The Bertz CT molecular complexity index is 497. The molecule has 1 rings (SSSR count). The first-order chi connectivity index (χ1) is 10.2. The topological polar surface area (TPSA) is 56.8 Å². The van der Waals surface area contributed by atoms with Crippen molar-refractivity contribution in [3.63, 3.8) is 0 Å². The minimum atomic E-state index is -0.125. The van der Waals surface area contributed by atoms with Crippen LogP contribution in [-0.4, -0.2) is 33.8 Å². The predicted octanol–water partition coefficient (Wildman–Crippen LogP) is 2.64. The molecule has 116 valence electrons. The van der Waals surface area contributed by atoms with Crippen LogP contribution in [0.15, 0.2) is 18.2 Å². The zero-order valence-corrected chi connectivity index (χ0v) is 13.1. The van der Waals surface area contributed by atoms with Crippen molar-refractivity contribution < 1.29 is 19.0 Å². The van der Waals surface area contributed by atoms with Gasteiger partial charge >= 0.3 is 0 Å². The van der Waals surface area contributed by atoms with Crippen molar-refractivity contribution >= 4 is 12.0 Å². The lowest BCUT2D eigenvalue weighted by atomic mass is 10.1. The van der Waals surface area contributed by atoms with Gasteiger partial charge in [-0.25, -0.2) is 0 Å². The summed E-state index contributed by atoms with van der Waals surface area (Å²) in [6.07, 6.45) is 5.20. The molecule has 0 heterocycles. The van der Waals surface area contributed by atoms with Gasteiger partial charge < -0.3 is 19.5 Å². The van der Waals surface area contributed by atoms with Crippen LogP contribution < -0.4 is 19.5 Å². The van der Waals surface area contributed by atoms with E-state index < -0.39 is 0 Å². The molecule has 0 fully saturated rings. The number of ether oxygens (including phenoxy) is 3. The van der Waals surface area contributed by atoms with Crippen molar-refractivity contribution in [3.8, 4) is 17.2 Å². The third-order valence-corrected chi connectivity index (χ3v) is 2.98. The molecule has 0 saturated heterocycles. The Kier molecular flexibility index (Phi) is 7.15. The van der Waals surface area contributed by atoms with E-state index >= 15 is 0 Å². The van der Waals surface area contributed by atoms with Gasteiger partial charge in [-0.15, -0.1) is 0 Å². The van der Waals surface area contributed by atoms with Crippen molar-refractivity contribution in [1.29, 1.82) is 0 Å². The second-order valence-corrected chi connectivity index (χ2v) is 4.40. The first-order valence-corrected chi connectivity index (χ1v) is 6.92. The molecular weight excluding hydrogens is 270 g/mol. The van der Waals surface area contributed by atoms with Crippen LogP contribution in [0.1, 0.15) is 25.3 Å². The van der Waals surface area contributed by atoms with Gasteiger partial charge in [-0.05, 0) is 24.6 Å². The average Bonchev–Trinajstić information content (AvgIpc) is 2.51. The number of carbonyl (C=O) groups excluding carboxylic acids is 1. The maximum atomic E-state index is 11.7. The summed E-state index contributed by atoms with van der Waals surface area (Å²) < 4.78 is 15.9. The first kappa shape index (κ1) is 16.9. The minimum absolute atomic E-state index is 0.125. The molecule has 0 bridgehead atoms. The lowest BCUT2D eigenvalue weighted by molar-refractivity contribution is -0.116. The number of nitrogens with one attached hydrogen (secondary N) is 1.